The maximum atomic E-state index is 5.83. The van der Waals surface area contributed by atoms with Crippen molar-refractivity contribution in [3.63, 3.8) is 0 Å². The summed E-state index contributed by atoms with van der Waals surface area (Å²) in [4.78, 5) is 6.79. The van der Waals surface area contributed by atoms with Crippen molar-refractivity contribution in [2.24, 2.45) is 11.8 Å². The van der Waals surface area contributed by atoms with Crippen LogP contribution in [-0.4, -0.2) is 18.1 Å². The van der Waals surface area contributed by atoms with Crippen LogP contribution in [0.5, 0.6) is 0 Å². The molecule has 2 atom stereocenters. The van der Waals surface area contributed by atoms with Gasteiger partial charge in [-0.2, -0.15) is 0 Å². The predicted molar refractivity (Wildman–Crippen MR) is 62.3 cm³/mol. The summed E-state index contributed by atoms with van der Waals surface area (Å²) in [5.74, 6) is 2.93. The van der Waals surface area contributed by atoms with Gasteiger partial charge in [0.1, 0.15) is 5.82 Å². The first-order valence-electron chi connectivity index (χ1n) is 5.69. The molecule has 80 valence electrons. The molecular weight excluding hydrogens is 208 g/mol. The van der Waals surface area contributed by atoms with Crippen LogP contribution in [0.2, 0.25) is 5.02 Å². The van der Waals surface area contributed by atoms with E-state index in [9.17, 15) is 0 Å². The van der Waals surface area contributed by atoms with Gasteiger partial charge in [-0.15, -0.1) is 0 Å². The second-order valence-electron chi connectivity index (χ2n) is 4.69. The summed E-state index contributed by atoms with van der Waals surface area (Å²) in [5, 5.41) is 0.721. The third-order valence-electron chi connectivity index (χ3n) is 3.76. The van der Waals surface area contributed by atoms with Crippen molar-refractivity contribution in [3.05, 3.63) is 23.4 Å². The molecule has 0 bridgehead atoms. The van der Waals surface area contributed by atoms with Crippen LogP contribution in [0.25, 0.3) is 0 Å². The summed E-state index contributed by atoms with van der Waals surface area (Å²) in [6, 6.07) is 3.96. The number of rotatable bonds is 1. The SMILES string of the molecule is Clc1ccc(N2CC3CCCC3C2)nc1. The summed E-state index contributed by atoms with van der Waals surface area (Å²) in [5.41, 5.74) is 0. The van der Waals surface area contributed by atoms with Crippen molar-refractivity contribution < 1.29 is 0 Å². The van der Waals surface area contributed by atoms with E-state index in [-0.39, 0.29) is 0 Å². The van der Waals surface area contributed by atoms with Gasteiger partial charge in [-0.25, -0.2) is 4.98 Å². The minimum atomic E-state index is 0.721. The standard InChI is InChI=1S/C12H15ClN2/c13-11-4-5-12(14-6-11)15-7-9-2-1-3-10(9)8-15/h4-6,9-10H,1-3,7-8H2. The van der Waals surface area contributed by atoms with Crippen LogP contribution in [0.15, 0.2) is 18.3 Å². The van der Waals surface area contributed by atoms with E-state index >= 15 is 0 Å². The highest BCUT2D eigenvalue weighted by Crippen LogP contribution is 2.39. The molecule has 1 aromatic heterocycles. The summed E-state index contributed by atoms with van der Waals surface area (Å²) >= 11 is 5.83. The fourth-order valence-corrected chi connectivity index (χ4v) is 3.09. The van der Waals surface area contributed by atoms with Crippen molar-refractivity contribution in [3.8, 4) is 0 Å². The minimum Gasteiger partial charge on any atom is -0.356 e. The van der Waals surface area contributed by atoms with Gasteiger partial charge in [0.05, 0.1) is 5.02 Å². The number of hydrogen-bond acceptors (Lipinski definition) is 2. The molecule has 0 radical (unpaired) electrons. The molecule has 2 nitrogen and oxygen atoms in total. The zero-order valence-electron chi connectivity index (χ0n) is 8.69. The lowest BCUT2D eigenvalue weighted by atomic mass is 10.0. The van der Waals surface area contributed by atoms with Gasteiger partial charge in [0.2, 0.25) is 0 Å². The second kappa shape index (κ2) is 3.67. The fourth-order valence-electron chi connectivity index (χ4n) is 2.98. The van der Waals surface area contributed by atoms with Gasteiger partial charge in [0.15, 0.2) is 0 Å². The lowest BCUT2D eigenvalue weighted by molar-refractivity contribution is 0.494. The van der Waals surface area contributed by atoms with Crippen LogP contribution in [0.1, 0.15) is 19.3 Å². The highest BCUT2D eigenvalue weighted by atomic mass is 35.5. The number of pyridine rings is 1. The molecule has 1 aromatic rings. The molecule has 3 rings (SSSR count). The van der Waals surface area contributed by atoms with Crippen LogP contribution in [-0.2, 0) is 0 Å². The Kier molecular flexibility index (Phi) is 2.32. The van der Waals surface area contributed by atoms with E-state index in [2.05, 4.69) is 9.88 Å². The normalized spacial score (nSPS) is 29.5. The van der Waals surface area contributed by atoms with Crippen molar-refractivity contribution >= 4 is 17.4 Å². The van der Waals surface area contributed by atoms with E-state index in [1.165, 1.54) is 32.4 Å². The highest BCUT2D eigenvalue weighted by molar-refractivity contribution is 6.30. The number of anilines is 1. The smallest absolute Gasteiger partial charge is 0.128 e. The van der Waals surface area contributed by atoms with Crippen molar-refractivity contribution in [1.82, 2.24) is 4.98 Å². The molecule has 0 amide bonds. The quantitative estimate of drug-likeness (QED) is 0.726. The average Bonchev–Trinajstić information content (AvgIpc) is 2.78. The number of aromatic nitrogens is 1. The fraction of sp³-hybridized carbons (Fsp3) is 0.583. The third kappa shape index (κ3) is 1.71. The van der Waals surface area contributed by atoms with E-state index < -0.39 is 0 Å². The zero-order chi connectivity index (χ0) is 10.3. The monoisotopic (exact) mass is 222 g/mol. The molecule has 2 fully saturated rings. The van der Waals surface area contributed by atoms with Gasteiger partial charge in [0.25, 0.3) is 0 Å². The molecule has 0 aromatic carbocycles. The van der Waals surface area contributed by atoms with Gasteiger partial charge in [-0.1, -0.05) is 18.0 Å². The molecule has 1 aliphatic carbocycles. The van der Waals surface area contributed by atoms with Gasteiger partial charge in [-0.05, 0) is 36.8 Å². The van der Waals surface area contributed by atoms with Gasteiger partial charge >= 0.3 is 0 Å². The summed E-state index contributed by atoms with van der Waals surface area (Å²) in [6.07, 6.45) is 5.99. The van der Waals surface area contributed by atoms with E-state index in [0.717, 1.165) is 22.7 Å². The van der Waals surface area contributed by atoms with Crippen LogP contribution >= 0.6 is 11.6 Å². The Hall–Kier alpha value is -0.760. The molecule has 2 aliphatic rings. The number of hydrogen-bond donors (Lipinski definition) is 0. The molecule has 2 heterocycles. The molecule has 15 heavy (non-hydrogen) atoms. The number of nitrogens with zero attached hydrogens (tertiary/aromatic N) is 2. The number of fused-ring (bicyclic) bond motifs is 1. The molecule has 2 unspecified atom stereocenters. The van der Waals surface area contributed by atoms with Gasteiger partial charge < -0.3 is 4.90 Å². The molecule has 0 spiro atoms. The van der Waals surface area contributed by atoms with Crippen LogP contribution in [0, 0.1) is 11.8 Å². The minimum absolute atomic E-state index is 0.721. The Morgan fingerprint density at radius 2 is 1.93 bits per heavy atom. The maximum Gasteiger partial charge on any atom is 0.128 e. The Bertz CT molecular complexity index is 337. The Labute approximate surface area is 95.3 Å². The lowest BCUT2D eigenvalue weighted by Crippen LogP contribution is -2.21. The zero-order valence-corrected chi connectivity index (χ0v) is 9.45. The topological polar surface area (TPSA) is 16.1 Å². The summed E-state index contributed by atoms with van der Waals surface area (Å²) < 4.78 is 0. The van der Waals surface area contributed by atoms with Crippen molar-refractivity contribution in [2.75, 3.05) is 18.0 Å². The molecule has 1 aliphatic heterocycles. The first kappa shape index (κ1) is 9.46. The average molecular weight is 223 g/mol. The molecular formula is C12H15ClN2. The third-order valence-corrected chi connectivity index (χ3v) is 3.99. The molecule has 0 N–H and O–H groups in total. The summed E-state index contributed by atoms with van der Waals surface area (Å²) in [7, 11) is 0. The first-order chi connectivity index (χ1) is 7.33. The molecule has 1 saturated heterocycles. The molecule has 3 heteroatoms. The summed E-state index contributed by atoms with van der Waals surface area (Å²) in [6.45, 7) is 2.39. The largest absolute Gasteiger partial charge is 0.356 e. The first-order valence-corrected chi connectivity index (χ1v) is 6.07. The van der Waals surface area contributed by atoms with E-state index in [1.807, 2.05) is 12.1 Å². The highest BCUT2D eigenvalue weighted by Gasteiger charge is 2.36. The van der Waals surface area contributed by atoms with Crippen LogP contribution < -0.4 is 4.90 Å². The Balaban J connectivity index is 1.76. The van der Waals surface area contributed by atoms with Gasteiger partial charge in [-0.3, -0.25) is 0 Å². The predicted octanol–water partition coefficient (Wildman–Crippen LogP) is 2.97. The van der Waals surface area contributed by atoms with Gasteiger partial charge in [0, 0.05) is 19.3 Å². The van der Waals surface area contributed by atoms with Crippen molar-refractivity contribution in [1.29, 1.82) is 0 Å². The Morgan fingerprint density at radius 1 is 1.20 bits per heavy atom. The second-order valence-corrected chi connectivity index (χ2v) is 5.13. The Morgan fingerprint density at radius 3 is 2.53 bits per heavy atom. The van der Waals surface area contributed by atoms with Crippen LogP contribution in [0.3, 0.4) is 0 Å². The van der Waals surface area contributed by atoms with E-state index in [4.69, 9.17) is 11.6 Å². The number of halogens is 1. The maximum absolute atomic E-state index is 5.83. The van der Waals surface area contributed by atoms with Crippen molar-refractivity contribution in [2.45, 2.75) is 19.3 Å². The molecule has 1 saturated carbocycles. The van der Waals surface area contributed by atoms with E-state index in [0.29, 0.717) is 0 Å². The lowest BCUT2D eigenvalue weighted by Gasteiger charge is -2.17. The van der Waals surface area contributed by atoms with Crippen LogP contribution in [0.4, 0.5) is 5.82 Å². The van der Waals surface area contributed by atoms with E-state index in [1.54, 1.807) is 6.20 Å².